The lowest BCUT2D eigenvalue weighted by Gasteiger charge is -2.11. The predicted octanol–water partition coefficient (Wildman–Crippen LogP) is 4.01. The van der Waals surface area contributed by atoms with Gasteiger partial charge in [0.05, 0.1) is 4.83 Å². The third-order valence-corrected chi connectivity index (χ3v) is 4.26. The van der Waals surface area contributed by atoms with E-state index in [1.165, 1.54) is 6.07 Å². The van der Waals surface area contributed by atoms with Crippen LogP contribution in [0.15, 0.2) is 16.6 Å². The van der Waals surface area contributed by atoms with Crippen LogP contribution < -0.4 is 0 Å². The average molecular weight is 368 g/mol. The zero-order valence-corrected chi connectivity index (χ0v) is 12.0. The van der Waals surface area contributed by atoms with E-state index in [9.17, 15) is 13.6 Å². The van der Waals surface area contributed by atoms with Crippen molar-refractivity contribution in [1.29, 1.82) is 0 Å². The van der Waals surface area contributed by atoms with Crippen LogP contribution in [0.25, 0.3) is 0 Å². The van der Waals surface area contributed by atoms with E-state index in [1.807, 2.05) is 0 Å². The molecule has 1 unspecified atom stereocenters. The SMILES string of the molecule is O=C(C(Br)Cc1c(F)cc(F)cc1Br)C1CC1. The maximum absolute atomic E-state index is 13.5. The minimum atomic E-state index is -0.627. The van der Waals surface area contributed by atoms with Crippen LogP contribution in [0.4, 0.5) is 8.78 Å². The van der Waals surface area contributed by atoms with Gasteiger partial charge in [-0.2, -0.15) is 0 Å². The van der Waals surface area contributed by atoms with Crippen molar-refractivity contribution in [2.45, 2.75) is 24.1 Å². The van der Waals surface area contributed by atoms with Crippen molar-refractivity contribution < 1.29 is 13.6 Å². The van der Waals surface area contributed by atoms with E-state index >= 15 is 0 Å². The zero-order valence-electron chi connectivity index (χ0n) is 8.85. The van der Waals surface area contributed by atoms with Crippen molar-refractivity contribution in [3.63, 3.8) is 0 Å². The van der Waals surface area contributed by atoms with Crippen LogP contribution in [-0.4, -0.2) is 10.6 Å². The van der Waals surface area contributed by atoms with Gasteiger partial charge in [0.2, 0.25) is 0 Å². The summed E-state index contributed by atoms with van der Waals surface area (Å²) in [5, 5.41) is 0. The average Bonchev–Trinajstić information content (AvgIpc) is 3.05. The minimum absolute atomic E-state index is 0.112. The van der Waals surface area contributed by atoms with E-state index in [0.717, 1.165) is 18.9 Å². The number of benzene rings is 1. The first kappa shape index (κ1) is 13.1. The summed E-state index contributed by atoms with van der Waals surface area (Å²) in [4.78, 5) is 11.3. The molecule has 17 heavy (non-hydrogen) atoms. The lowest BCUT2D eigenvalue weighted by atomic mass is 10.0. The molecule has 1 aromatic carbocycles. The van der Waals surface area contributed by atoms with Gasteiger partial charge in [-0.3, -0.25) is 4.79 Å². The molecule has 0 aromatic heterocycles. The fraction of sp³-hybridized carbons (Fsp3) is 0.417. The summed E-state index contributed by atoms with van der Waals surface area (Å²) in [6, 6.07) is 2.04. The van der Waals surface area contributed by atoms with Gasteiger partial charge >= 0.3 is 0 Å². The summed E-state index contributed by atoms with van der Waals surface area (Å²) in [6.07, 6.45) is 2.09. The molecular formula is C12H10Br2F2O. The van der Waals surface area contributed by atoms with E-state index in [0.29, 0.717) is 10.0 Å². The van der Waals surface area contributed by atoms with Crippen LogP contribution >= 0.6 is 31.9 Å². The Bertz CT molecular complexity index is 435. The number of halogens is 4. The van der Waals surface area contributed by atoms with E-state index in [-0.39, 0.29) is 18.1 Å². The summed E-state index contributed by atoms with van der Waals surface area (Å²) >= 11 is 6.39. The van der Waals surface area contributed by atoms with Gasteiger partial charge in [0.15, 0.2) is 0 Å². The van der Waals surface area contributed by atoms with Crippen molar-refractivity contribution in [2.24, 2.45) is 5.92 Å². The minimum Gasteiger partial charge on any atom is -0.298 e. The number of Topliss-reactive ketones (excluding diaryl/α,β-unsaturated/α-hetero) is 1. The molecule has 0 saturated heterocycles. The van der Waals surface area contributed by atoms with Gasteiger partial charge in [-0.25, -0.2) is 8.78 Å². The number of carbonyl (C=O) groups excluding carboxylic acids is 1. The number of hydrogen-bond acceptors (Lipinski definition) is 1. The van der Waals surface area contributed by atoms with Crippen molar-refractivity contribution in [3.05, 3.63) is 33.8 Å². The van der Waals surface area contributed by atoms with E-state index < -0.39 is 16.5 Å². The molecule has 0 amide bonds. The molecule has 1 atom stereocenters. The molecule has 0 N–H and O–H groups in total. The highest BCUT2D eigenvalue weighted by Crippen LogP contribution is 2.34. The Morgan fingerprint density at radius 1 is 1.41 bits per heavy atom. The number of hydrogen-bond donors (Lipinski definition) is 0. The maximum atomic E-state index is 13.5. The maximum Gasteiger partial charge on any atom is 0.149 e. The summed E-state index contributed by atoms with van der Waals surface area (Å²) in [7, 11) is 0. The molecule has 0 radical (unpaired) electrons. The van der Waals surface area contributed by atoms with Crippen molar-refractivity contribution in [1.82, 2.24) is 0 Å². The van der Waals surface area contributed by atoms with E-state index in [4.69, 9.17) is 0 Å². The molecular weight excluding hydrogens is 358 g/mol. The lowest BCUT2D eigenvalue weighted by molar-refractivity contribution is -0.119. The highest BCUT2D eigenvalue weighted by molar-refractivity contribution is 9.10. The Morgan fingerprint density at radius 2 is 2.06 bits per heavy atom. The van der Waals surface area contributed by atoms with Gasteiger partial charge < -0.3 is 0 Å². The van der Waals surface area contributed by atoms with Crippen LogP contribution in [0, 0.1) is 17.6 Å². The van der Waals surface area contributed by atoms with Crippen LogP contribution in [-0.2, 0) is 11.2 Å². The first-order valence-corrected chi connectivity index (χ1v) is 7.01. The van der Waals surface area contributed by atoms with Crippen LogP contribution in [0.3, 0.4) is 0 Å². The first-order chi connectivity index (χ1) is 7.99. The largest absolute Gasteiger partial charge is 0.298 e. The normalized spacial score (nSPS) is 16.9. The Labute approximate surface area is 115 Å². The molecule has 1 aromatic rings. The number of carbonyl (C=O) groups is 1. The standard InChI is InChI=1S/C12H10Br2F2O/c13-9-3-7(15)4-11(16)8(9)5-10(14)12(17)6-1-2-6/h3-4,6,10H,1-2,5H2. The summed E-state index contributed by atoms with van der Waals surface area (Å²) in [5.41, 5.74) is 0.335. The summed E-state index contributed by atoms with van der Waals surface area (Å²) < 4.78 is 26.8. The topological polar surface area (TPSA) is 17.1 Å². The molecule has 0 heterocycles. The molecule has 2 rings (SSSR count). The van der Waals surface area contributed by atoms with Gasteiger partial charge in [-0.15, -0.1) is 0 Å². The molecule has 1 aliphatic carbocycles. The van der Waals surface area contributed by atoms with Crippen LogP contribution in [0.1, 0.15) is 18.4 Å². The monoisotopic (exact) mass is 366 g/mol. The molecule has 1 saturated carbocycles. The van der Waals surface area contributed by atoms with Crippen LogP contribution in [0.5, 0.6) is 0 Å². The fourth-order valence-electron chi connectivity index (χ4n) is 1.67. The summed E-state index contributed by atoms with van der Waals surface area (Å²) in [5.74, 6) is -1.01. The molecule has 0 spiro atoms. The highest BCUT2D eigenvalue weighted by atomic mass is 79.9. The molecule has 92 valence electrons. The summed E-state index contributed by atoms with van der Waals surface area (Å²) in [6.45, 7) is 0. The van der Waals surface area contributed by atoms with Gasteiger partial charge in [-0.05, 0) is 25.3 Å². The van der Waals surface area contributed by atoms with Crippen molar-refractivity contribution >= 4 is 37.6 Å². The third kappa shape index (κ3) is 3.13. The molecule has 5 heteroatoms. The fourth-order valence-corrected chi connectivity index (χ4v) is 2.94. The van der Waals surface area contributed by atoms with Gasteiger partial charge in [0, 0.05) is 22.0 Å². The zero-order chi connectivity index (χ0) is 12.6. The quantitative estimate of drug-likeness (QED) is 0.735. The number of rotatable bonds is 4. The molecule has 0 bridgehead atoms. The second-order valence-electron chi connectivity index (χ2n) is 4.20. The Morgan fingerprint density at radius 3 is 2.59 bits per heavy atom. The Kier molecular flexibility index (Phi) is 3.98. The molecule has 1 nitrogen and oxygen atoms in total. The van der Waals surface area contributed by atoms with Gasteiger partial charge in [0.1, 0.15) is 17.4 Å². The first-order valence-electron chi connectivity index (χ1n) is 5.30. The Hall–Kier alpha value is -0.290. The predicted molar refractivity (Wildman–Crippen MR) is 68.2 cm³/mol. The second-order valence-corrected chi connectivity index (χ2v) is 6.16. The van der Waals surface area contributed by atoms with Gasteiger partial charge in [0.25, 0.3) is 0 Å². The third-order valence-electron chi connectivity index (χ3n) is 2.78. The van der Waals surface area contributed by atoms with Crippen molar-refractivity contribution in [2.75, 3.05) is 0 Å². The van der Waals surface area contributed by atoms with E-state index in [1.54, 1.807) is 0 Å². The molecule has 0 aliphatic heterocycles. The number of ketones is 1. The van der Waals surface area contributed by atoms with Gasteiger partial charge in [-0.1, -0.05) is 31.9 Å². The lowest BCUT2D eigenvalue weighted by Crippen LogP contribution is -2.19. The Balaban J connectivity index is 2.15. The smallest absolute Gasteiger partial charge is 0.149 e. The van der Waals surface area contributed by atoms with Crippen LogP contribution in [0.2, 0.25) is 0 Å². The van der Waals surface area contributed by atoms with E-state index in [2.05, 4.69) is 31.9 Å². The number of alkyl halides is 1. The second kappa shape index (κ2) is 5.14. The molecule has 1 aliphatic rings. The molecule has 1 fully saturated rings. The highest BCUT2D eigenvalue weighted by Gasteiger charge is 2.34. The van der Waals surface area contributed by atoms with Crippen molar-refractivity contribution in [3.8, 4) is 0 Å².